The minimum Gasteiger partial charge on any atom is -0.492 e. The molecule has 1 saturated carbocycles. The summed E-state index contributed by atoms with van der Waals surface area (Å²) in [5.74, 6) is 1.09. The maximum absolute atomic E-state index is 12.1. The van der Waals surface area contributed by atoms with Crippen LogP contribution in [-0.4, -0.2) is 30.3 Å². The summed E-state index contributed by atoms with van der Waals surface area (Å²) in [4.78, 5) is 12.1. The number of carbonyl (C=O) groups is 1. The molecular weight excluding hydrogens is 230 g/mol. The van der Waals surface area contributed by atoms with Crippen LogP contribution in [0.3, 0.4) is 0 Å². The Labute approximate surface area is 106 Å². The van der Waals surface area contributed by atoms with E-state index in [-0.39, 0.29) is 17.9 Å². The summed E-state index contributed by atoms with van der Waals surface area (Å²) in [6.45, 7) is 1.09. The van der Waals surface area contributed by atoms with Crippen LogP contribution in [0.25, 0.3) is 0 Å². The second-order valence-electron chi connectivity index (χ2n) is 5.14. The molecule has 1 atom stereocenters. The van der Waals surface area contributed by atoms with E-state index in [1.165, 1.54) is 0 Å². The average molecular weight is 247 g/mol. The molecule has 1 aromatic rings. The van der Waals surface area contributed by atoms with Crippen LogP contribution in [0.4, 0.5) is 0 Å². The second-order valence-corrected chi connectivity index (χ2v) is 5.14. The number of hydrogen-bond donors (Lipinski definition) is 2. The van der Waals surface area contributed by atoms with Crippen molar-refractivity contribution in [2.24, 2.45) is 5.92 Å². The van der Waals surface area contributed by atoms with Gasteiger partial charge < -0.3 is 15.2 Å². The largest absolute Gasteiger partial charge is 0.492 e. The van der Waals surface area contributed by atoms with Crippen molar-refractivity contribution >= 4 is 5.91 Å². The highest BCUT2D eigenvalue weighted by molar-refractivity contribution is 5.85. The van der Waals surface area contributed by atoms with Crippen LogP contribution >= 0.6 is 0 Å². The lowest BCUT2D eigenvalue weighted by Crippen LogP contribution is -2.40. The first kappa shape index (κ1) is 11.5. The van der Waals surface area contributed by atoms with Gasteiger partial charge in [-0.05, 0) is 24.8 Å². The molecule has 2 aliphatic rings. The van der Waals surface area contributed by atoms with E-state index in [0.717, 1.165) is 24.2 Å². The SMILES string of the molecule is O=C(NCC1CC(O)C1)C1COc2ccccc21. The number of aliphatic hydroxyl groups excluding tert-OH is 1. The van der Waals surface area contributed by atoms with Crippen molar-refractivity contribution in [3.8, 4) is 5.75 Å². The Kier molecular flexibility index (Phi) is 2.96. The third kappa shape index (κ3) is 2.08. The number of para-hydroxylation sites is 1. The van der Waals surface area contributed by atoms with Gasteiger partial charge in [-0.2, -0.15) is 0 Å². The summed E-state index contributed by atoms with van der Waals surface area (Å²) >= 11 is 0. The van der Waals surface area contributed by atoms with Gasteiger partial charge in [0.2, 0.25) is 5.91 Å². The summed E-state index contributed by atoms with van der Waals surface area (Å²) in [7, 11) is 0. The predicted octanol–water partition coefficient (Wildman–Crippen LogP) is 1.05. The van der Waals surface area contributed by atoms with Gasteiger partial charge in [-0.3, -0.25) is 4.79 Å². The number of nitrogens with one attached hydrogen (secondary N) is 1. The van der Waals surface area contributed by atoms with Crippen LogP contribution in [0, 0.1) is 5.92 Å². The van der Waals surface area contributed by atoms with Gasteiger partial charge in [-0.1, -0.05) is 18.2 Å². The first-order valence-electron chi connectivity index (χ1n) is 6.41. The number of ether oxygens (including phenoxy) is 1. The molecule has 4 nitrogen and oxygen atoms in total. The van der Waals surface area contributed by atoms with E-state index < -0.39 is 0 Å². The summed E-state index contributed by atoms with van der Waals surface area (Å²) < 4.78 is 5.50. The summed E-state index contributed by atoms with van der Waals surface area (Å²) in [6.07, 6.45) is 1.44. The Hall–Kier alpha value is -1.55. The van der Waals surface area contributed by atoms with Crippen LogP contribution in [0.1, 0.15) is 24.3 Å². The smallest absolute Gasteiger partial charge is 0.231 e. The molecule has 1 fully saturated rings. The molecule has 2 N–H and O–H groups in total. The third-order valence-corrected chi connectivity index (χ3v) is 3.79. The highest BCUT2D eigenvalue weighted by Crippen LogP contribution is 2.33. The molecular formula is C14H17NO3. The number of amides is 1. The van der Waals surface area contributed by atoms with Crippen molar-refractivity contribution in [1.82, 2.24) is 5.32 Å². The molecule has 0 bridgehead atoms. The fraction of sp³-hybridized carbons (Fsp3) is 0.500. The van der Waals surface area contributed by atoms with Crippen molar-refractivity contribution in [2.45, 2.75) is 24.9 Å². The molecule has 1 heterocycles. The lowest BCUT2D eigenvalue weighted by Gasteiger charge is -2.31. The lowest BCUT2D eigenvalue weighted by atomic mass is 9.82. The number of rotatable bonds is 3. The second kappa shape index (κ2) is 4.61. The molecule has 3 rings (SSSR count). The standard InChI is InChI=1S/C14H17NO3/c16-10-5-9(6-10)7-15-14(17)12-8-18-13-4-2-1-3-11(12)13/h1-4,9-10,12,16H,5-8H2,(H,15,17). The van der Waals surface area contributed by atoms with Gasteiger partial charge >= 0.3 is 0 Å². The van der Waals surface area contributed by atoms with Gasteiger partial charge in [-0.15, -0.1) is 0 Å². The zero-order valence-electron chi connectivity index (χ0n) is 10.1. The number of hydrogen-bond acceptors (Lipinski definition) is 3. The number of aliphatic hydroxyl groups is 1. The van der Waals surface area contributed by atoms with Gasteiger partial charge in [0.1, 0.15) is 18.3 Å². The first-order valence-corrected chi connectivity index (χ1v) is 6.41. The molecule has 1 amide bonds. The van der Waals surface area contributed by atoms with Crippen LogP contribution in [0.2, 0.25) is 0 Å². The molecule has 1 unspecified atom stereocenters. The van der Waals surface area contributed by atoms with Crippen molar-refractivity contribution in [2.75, 3.05) is 13.2 Å². The molecule has 1 aromatic carbocycles. The summed E-state index contributed by atoms with van der Waals surface area (Å²) in [5.41, 5.74) is 0.976. The van der Waals surface area contributed by atoms with Gasteiger partial charge in [-0.25, -0.2) is 0 Å². The van der Waals surface area contributed by atoms with Crippen molar-refractivity contribution < 1.29 is 14.6 Å². The Morgan fingerprint density at radius 1 is 1.39 bits per heavy atom. The van der Waals surface area contributed by atoms with Crippen molar-refractivity contribution in [1.29, 1.82) is 0 Å². The highest BCUT2D eigenvalue weighted by Gasteiger charge is 2.32. The van der Waals surface area contributed by atoms with Crippen LogP contribution in [-0.2, 0) is 4.79 Å². The number of carbonyl (C=O) groups excluding carboxylic acids is 1. The molecule has 0 spiro atoms. The van der Waals surface area contributed by atoms with Crippen molar-refractivity contribution in [3.05, 3.63) is 29.8 Å². The Balaban J connectivity index is 1.57. The van der Waals surface area contributed by atoms with E-state index in [1.807, 2.05) is 24.3 Å². The fourth-order valence-corrected chi connectivity index (χ4v) is 2.61. The molecule has 1 aliphatic carbocycles. The zero-order valence-corrected chi connectivity index (χ0v) is 10.1. The van der Waals surface area contributed by atoms with E-state index in [9.17, 15) is 9.90 Å². The molecule has 0 radical (unpaired) electrons. The predicted molar refractivity (Wildman–Crippen MR) is 66.4 cm³/mol. The molecule has 1 aliphatic heterocycles. The first-order chi connectivity index (χ1) is 8.74. The van der Waals surface area contributed by atoms with Gasteiger partial charge in [0, 0.05) is 12.1 Å². The van der Waals surface area contributed by atoms with Gasteiger partial charge in [0.25, 0.3) is 0 Å². The molecule has 0 saturated heterocycles. The molecule has 96 valence electrons. The number of fused-ring (bicyclic) bond motifs is 1. The van der Waals surface area contributed by atoms with E-state index in [1.54, 1.807) is 0 Å². The maximum atomic E-state index is 12.1. The highest BCUT2D eigenvalue weighted by atomic mass is 16.5. The normalized spacial score (nSPS) is 29.1. The van der Waals surface area contributed by atoms with E-state index in [0.29, 0.717) is 19.1 Å². The summed E-state index contributed by atoms with van der Waals surface area (Å²) in [5, 5.41) is 12.2. The Morgan fingerprint density at radius 2 is 2.17 bits per heavy atom. The molecule has 18 heavy (non-hydrogen) atoms. The maximum Gasteiger partial charge on any atom is 0.231 e. The Bertz CT molecular complexity index is 454. The third-order valence-electron chi connectivity index (χ3n) is 3.79. The summed E-state index contributed by atoms with van der Waals surface area (Å²) in [6, 6.07) is 7.68. The monoisotopic (exact) mass is 247 g/mol. The van der Waals surface area contributed by atoms with Crippen LogP contribution < -0.4 is 10.1 Å². The van der Waals surface area contributed by atoms with E-state index >= 15 is 0 Å². The molecule has 0 aromatic heterocycles. The average Bonchev–Trinajstić information content (AvgIpc) is 2.76. The lowest BCUT2D eigenvalue weighted by molar-refractivity contribution is -0.123. The van der Waals surface area contributed by atoms with Gasteiger partial charge in [0.05, 0.1) is 6.10 Å². The van der Waals surface area contributed by atoms with E-state index in [4.69, 9.17) is 4.74 Å². The topological polar surface area (TPSA) is 58.6 Å². The van der Waals surface area contributed by atoms with Crippen LogP contribution in [0.15, 0.2) is 24.3 Å². The van der Waals surface area contributed by atoms with Crippen LogP contribution in [0.5, 0.6) is 5.75 Å². The van der Waals surface area contributed by atoms with E-state index in [2.05, 4.69) is 5.32 Å². The minimum atomic E-state index is -0.189. The Morgan fingerprint density at radius 3 is 2.94 bits per heavy atom. The van der Waals surface area contributed by atoms with Crippen molar-refractivity contribution in [3.63, 3.8) is 0 Å². The molecule has 4 heteroatoms. The minimum absolute atomic E-state index is 0.0290. The fourth-order valence-electron chi connectivity index (χ4n) is 2.61. The number of benzene rings is 1. The zero-order chi connectivity index (χ0) is 12.5. The quantitative estimate of drug-likeness (QED) is 0.839. The van der Waals surface area contributed by atoms with Gasteiger partial charge in [0.15, 0.2) is 0 Å².